The normalized spacial score (nSPS) is 14.1. The number of hydrogen-bond donors (Lipinski definition) is 1. The van der Waals surface area contributed by atoms with Gasteiger partial charge < -0.3 is 0 Å². The van der Waals surface area contributed by atoms with E-state index in [1.54, 1.807) is 13.0 Å². The lowest BCUT2D eigenvalue weighted by atomic mass is 10.1. The number of sulfonamides is 1. The van der Waals surface area contributed by atoms with Gasteiger partial charge in [-0.05, 0) is 19.4 Å². The second-order valence-corrected chi connectivity index (χ2v) is 5.03. The Morgan fingerprint density at radius 1 is 1.38 bits per heavy atom. The van der Waals surface area contributed by atoms with Crippen LogP contribution in [0.4, 0.5) is 0 Å². The van der Waals surface area contributed by atoms with Crippen LogP contribution >= 0.6 is 0 Å². The third kappa shape index (κ3) is 2.54. The average molecular weight is 199 g/mol. The molecule has 0 aliphatic rings. The zero-order valence-corrected chi connectivity index (χ0v) is 8.51. The molecule has 0 aromatic heterocycles. The van der Waals surface area contributed by atoms with Crippen LogP contribution in [0.1, 0.15) is 23.3 Å². The maximum Gasteiger partial charge on any atom is 0.215 e. The zero-order valence-electron chi connectivity index (χ0n) is 7.69. The molecule has 0 saturated heterocycles. The van der Waals surface area contributed by atoms with Gasteiger partial charge in [0.05, 0.1) is 5.25 Å². The fraction of sp³-hybridized carbons (Fsp3) is 0.333. The van der Waals surface area contributed by atoms with E-state index in [1.807, 2.05) is 25.1 Å². The molecule has 0 bridgehead atoms. The second-order valence-electron chi connectivity index (χ2n) is 3.15. The molecule has 0 amide bonds. The molecule has 2 N–H and O–H groups in total. The summed E-state index contributed by atoms with van der Waals surface area (Å²) < 4.78 is 22.0. The predicted octanol–water partition coefficient (Wildman–Crippen LogP) is 1.34. The summed E-state index contributed by atoms with van der Waals surface area (Å²) in [5.41, 5.74) is 1.77. The first-order valence-electron chi connectivity index (χ1n) is 3.99. The minimum atomic E-state index is -3.47. The average Bonchev–Trinajstić information content (AvgIpc) is 2.01. The van der Waals surface area contributed by atoms with Crippen LogP contribution < -0.4 is 5.14 Å². The van der Waals surface area contributed by atoms with Gasteiger partial charge in [-0.3, -0.25) is 0 Å². The van der Waals surface area contributed by atoms with Crippen LogP contribution in [0.5, 0.6) is 0 Å². The standard InChI is InChI=1S/C9H13NO2S/c1-7-4-3-5-9(6-7)8(2)13(10,11)12/h3-6,8H,1-2H3,(H2,10,11,12). The van der Waals surface area contributed by atoms with Crippen molar-refractivity contribution in [2.45, 2.75) is 19.1 Å². The number of nitrogens with two attached hydrogens (primary N) is 1. The first kappa shape index (κ1) is 10.2. The van der Waals surface area contributed by atoms with Gasteiger partial charge in [-0.1, -0.05) is 29.8 Å². The van der Waals surface area contributed by atoms with Crippen LogP contribution in [0, 0.1) is 6.92 Å². The highest BCUT2D eigenvalue weighted by Crippen LogP contribution is 2.19. The minimum Gasteiger partial charge on any atom is -0.228 e. The molecule has 0 saturated carbocycles. The molecular weight excluding hydrogens is 186 g/mol. The molecule has 0 spiro atoms. The summed E-state index contributed by atoms with van der Waals surface area (Å²) in [4.78, 5) is 0. The van der Waals surface area contributed by atoms with Gasteiger partial charge in [-0.25, -0.2) is 13.6 Å². The second kappa shape index (κ2) is 3.47. The van der Waals surface area contributed by atoms with Gasteiger partial charge in [0, 0.05) is 0 Å². The molecule has 0 heterocycles. The van der Waals surface area contributed by atoms with Crippen LogP contribution in [0.3, 0.4) is 0 Å². The van der Waals surface area contributed by atoms with Crippen LogP contribution in [0.25, 0.3) is 0 Å². The van der Waals surface area contributed by atoms with E-state index >= 15 is 0 Å². The Morgan fingerprint density at radius 2 is 2.00 bits per heavy atom. The van der Waals surface area contributed by atoms with E-state index in [4.69, 9.17) is 5.14 Å². The van der Waals surface area contributed by atoms with E-state index in [-0.39, 0.29) is 0 Å². The molecule has 4 heteroatoms. The van der Waals surface area contributed by atoms with Gasteiger partial charge in [0.15, 0.2) is 0 Å². The van der Waals surface area contributed by atoms with Gasteiger partial charge >= 0.3 is 0 Å². The summed E-state index contributed by atoms with van der Waals surface area (Å²) in [5, 5.41) is 4.40. The third-order valence-corrected chi connectivity index (χ3v) is 3.26. The molecule has 1 rings (SSSR count). The van der Waals surface area contributed by atoms with E-state index in [2.05, 4.69) is 0 Å². The molecule has 1 unspecified atom stereocenters. The molecule has 13 heavy (non-hydrogen) atoms. The molecule has 1 aromatic rings. The van der Waals surface area contributed by atoms with Crippen molar-refractivity contribution in [3.8, 4) is 0 Å². The fourth-order valence-electron chi connectivity index (χ4n) is 1.11. The first-order chi connectivity index (χ1) is 5.91. The Balaban J connectivity index is 3.10. The number of primary sulfonamides is 1. The number of benzene rings is 1. The molecule has 72 valence electrons. The Morgan fingerprint density at radius 3 is 2.46 bits per heavy atom. The van der Waals surface area contributed by atoms with Crippen LogP contribution in [0.15, 0.2) is 24.3 Å². The molecule has 1 aromatic carbocycles. The minimum absolute atomic E-state index is 0.632. The SMILES string of the molecule is Cc1cccc(C(C)S(N)(=O)=O)c1. The van der Waals surface area contributed by atoms with Gasteiger partial charge in [0.25, 0.3) is 0 Å². The van der Waals surface area contributed by atoms with Gasteiger partial charge in [0.1, 0.15) is 0 Å². The molecule has 0 aliphatic carbocycles. The Labute approximate surface area is 78.6 Å². The quantitative estimate of drug-likeness (QED) is 0.781. The van der Waals surface area contributed by atoms with Gasteiger partial charge in [-0.2, -0.15) is 0 Å². The largest absolute Gasteiger partial charge is 0.228 e. The topological polar surface area (TPSA) is 60.2 Å². The summed E-state index contributed by atoms with van der Waals surface area (Å²) >= 11 is 0. The van der Waals surface area contributed by atoms with Gasteiger partial charge in [-0.15, -0.1) is 0 Å². The van der Waals surface area contributed by atoms with Crippen molar-refractivity contribution < 1.29 is 8.42 Å². The smallest absolute Gasteiger partial charge is 0.215 e. The highest BCUT2D eigenvalue weighted by molar-refractivity contribution is 7.89. The molecule has 1 atom stereocenters. The van der Waals surface area contributed by atoms with Crippen molar-refractivity contribution in [2.24, 2.45) is 5.14 Å². The third-order valence-electron chi connectivity index (χ3n) is 2.00. The lowest BCUT2D eigenvalue weighted by Gasteiger charge is -2.09. The summed E-state index contributed by atoms with van der Waals surface area (Å²) in [5.74, 6) is 0. The van der Waals surface area contributed by atoms with Gasteiger partial charge in [0.2, 0.25) is 10.0 Å². The molecular formula is C9H13NO2S. The lowest BCUT2D eigenvalue weighted by Crippen LogP contribution is -2.19. The van der Waals surface area contributed by atoms with Crippen molar-refractivity contribution >= 4 is 10.0 Å². The van der Waals surface area contributed by atoms with Crippen molar-refractivity contribution in [2.75, 3.05) is 0 Å². The lowest BCUT2D eigenvalue weighted by molar-refractivity contribution is 0.588. The van der Waals surface area contributed by atoms with Crippen molar-refractivity contribution in [1.29, 1.82) is 0 Å². The highest BCUT2D eigenvalue weighted by Gasteiger charge is 2.17. The molecule has 3 nitrogen and oxygen atoms in total. The zero-order chi connectivity index (χ0) is 10.1. The summed E-state index contributed by atoms with van der Waals surface area (Å²) in [6, 6.07) is 7.34. The van der Waals surface area contributed by atoms with Crippen molar-refractivity contribution in [3.63, 3.8) is 0 Å². The van der Waals surface area contributed by atoms with Crippen LogP contribution in [-0.2, 0) is 10.0 Å². The monoisotopic (exact) mass is 199 g/mol. The van der Waals surface area contributed by atoms with Crippen LogP contribution in [-0.4, -0.2) is 8.42 Å². The molecule has 0 aliphatic heterocycles. The summed E-state index contributed by atoms with van der Waals surface area (Å²) in [6.07, 6.45) is 0. The molecule has 0 fully saturated rings. The van der Waals surface area contributed by atoms with E-state index < -0.39 is 15.3 Å². The Bertz CT molecular complexity index is 398. The maximum absolute atomic E-state index is 11.0. The van der Waals surface area contributed by atoms with Crippen molar-refractivity contribution in [3.05, 3.63) is 35.4 Å². The first-order valence-corrected chi connectivity index (χ1v) is 5.60. The van der Waals surface area contributed by atoms with Crippen LogP contribution in [0.2, 0.25) is 0 Å². The number of rotatable bonds is 2. The molecule has 0 radical (unpaired) electrons. The Kier molecular flexibility index (Phi) is 2.73. The fourth-order valence-corrected chi connectivity index (χ4v) is 1.64. The van der Waals surface area contributed by atoms with E-state index in [0.717, 1.165) is 11.1 Å². The maximum atomic E-state index is 11.0. The van der Waals surface area contributed by atoms with E-state index in [9.17, 15) is 8.42 Å². The summed E-state index contributed by atoms with van der Waals surface area (Å²) in [7, 11) is -3.47. The Hall–Kier alpha value is -0.870. The predicted molar refractivity (Wildman–Crippen MR) is 52.7 cm³/mol. The van der Waals surface area contributed by atoms with Crippen molar-refractivity contribution in [1.82, 2.24) is 0 Å². The number of hydrogen-bond acceptors (Lipinski definition) is 2. The number of aryl methyl sites for hydroxylation is 1. The highest BCUT2D eigenvalue weighted by atomic mass is 32.2. The van der Waals surface area contributed by atoms with E-state index in [0.29, 0.717) is 0 Å². The summed E-state index contributed by atoms with van der Waals surface area (Å²) in [6.45, 7) is 3.50. The van der Waals surface area contributed by atoms with E-state index in [1.165, 1.54) is 0 Å².